The third-order valence-electron chi connectivity index (χ3n) is 2.58. The molecule has 0 amide bonds. The average Bonchev–Trinajstić information content (AvgIpc) is 2.69. The number of aryl methyl sites for hydroxylation is 1. The van der Waals surface area contributed by atoms with E-state index in [0.29, 0.717) is 0 Å². The van der Waals surface area contributed by atoms with Crippen molar-refractivity contribution in [2.75, 3.05) is 5.32 Å². The molecule has 0 aliphatic carbocycles. The highest BCUT2D eigenvalue weighted by molar-refractivity contribution is 14.1. The van der Waals surface area contributed by atoms with Gasteiger partial charge in [-0.25, -0.2) is 0 Å². The monoisotopic (exact) mass is 405 g/mol. The maximum absolute atomic E-state index is 5.53. The van der Waals surface area contributed by atoms with Crippen LogP contribution in [0.25, 0.3) is 0 Å². The van der Waals surface area contributed by atoms with Crippen molar-refractivity contribution in [2.24, 2.45) is 0 Å². The van der Waals surface area contributed by atoms with E-state index in [1.54, 1.807) is 0 Å². The van der Waals surface area contributed by atoms with Gasteiger partial charge in [-0.3, -0.25) is 0 Å². The molecule has 0 aliphatic rings. The van der Waals surface area contributed by atoms with Gasteiger partial charge >= 0.3 is 0 Å². The van der Waals surface area contributed by atoms with Crippen LogP contribution < -0.4 is 5.32 Å². The van der Waals surface area contributed by atoms with Crippen molar-refractivity contribution < 1.29 is 4.42 Å². The van der Waals surface area contributed by atoms with E-state index in [4.69, 9.17) is 4.42 Å². The van der Waals surface area contributed by atoms with E-state index in [1.165, 1.54) is 9.13 Å². The van der Waals surface area contributed by atoms with E-state index in [-0.39, 0.29) is 6.04 Å². The average molecular weight is 406 g/mol. The number of rotatable bonds is 3. The standard InChI is InChI=1S/C13H13BrINO/c1-8-7-10(15)3-4-11(8)16-9(2)12-5-6-13(14)17-12/h3-7,9,16H,1-2H3. The Hall–Kier alpha value is -0.490. The molecule has 0 saturated carbocycles. The van der Waals surface area contributed by atoms with E-state index in [0.717, 1.165) is 16.1 Å². The molecule has 0 radical (unpaired) electrons. The van der Waals surface area contributed by atoms with Gasteiger partial charge in [0.05, 0.1) is 6.04 Å². The van der Waals surface area contributed by atoms with Gasteiger partial charge in [-0.1, -0.05) is 0 Å². The quantitative estimate of drug-likeness (QED) is 0.716. The second-order valence-electron chi connectivity index (χ2n) is 3.97. The second kappa shape index (κ2) is 5.44. The summed E-state index contributed by atoms with van der Waals surface area (Å²) in [5.41, 5.74) is 2.39. The minimum Gasteiger partial charge on any atom is -0.452 e. The van der Waals surface area contributed by atoms with E-state index >= 15 is 0 Å². The van der Waals surface area contributed by atoms with Gasteiger partial charge < -0.3 is 9.73 Å². The first-order valence-electron chi connectivity index (χ1n) is 5.34. The van der Waals surface area contributed by atoms with Crippen LogP contribution in [0.4, 0.5) is 5.69 Å². The van der Waals surface area contributed by atoms with Gasteiger partial charge in [0.25, 0.3) is 0 Å². The summed E-state index contributed by atoms with van der Waals surface area (Å²) >= 11 is 5.63. The largest absolute Gasteiger partial charge is 0.452 e. The Balaban J connectivity index is 2.15. The first-order chi connectivity index (χ1) is 8.06. The summed E-state index contributed by atoms with van der Waals surface area (Å²) in [7, 11) is 0. The summed E-state index contributed by atoms with van der Waals surface area (Å²) in [5.74, 6) is 0.926. The van der Waals surface area contributed by atoms with Gasteiger partial charge in [0, 0.05) is 9.26 Å². The topological polar surface area (TPSA) is 25.2 Å². The zero-order valence-electron chi connectivity index (χ0n) is 9.63. The number of hydrogen-bond donors (Lipinski definition) is 1. The summed E-state index contributed by atoms with van der Waals surface area (Å²) < 4.78 is 7.55. The number of halogens is 2. The normalized spacial score (nSPS) is 12.5. The van der Waals surface area contributed by atoms with Gasteiger partial charge in [0.15, 0.2) is 4.67 Å². The van der Waals surface area contributed by atoms with Crippen molar-refractivity contribution in [1.82, 2.24) is 0 Å². The molecule has 0 aliphatic heterocycles. The van der Waals surface area contributed by atoms with Crippen molar-refractivity contribution in [3.63, 3.8) is 0 Å². The third kappa shape index (κ3) is 3.25. The van der Waals surface area contributed by atoms with Crippen LogP contribution in [0, 0.1) is 10.5 Å². The van der Waals surface area contributed by atoms with Gasteiger partial charge in [-0.2, -0.15) is 0 Å². The highest BCUT2D eigenvalue weighted by Gasteiger charge is 2.10. The van der Waals surface area contributed by atoms with Crippen molar-refractivity contribution in [1.29, 1.82) is 0 Å². The Kier molecular flexibility index (Phi) is 4.14. The molecular formula is C13H13BrINO. The van der Waals surface area contributed by atoms with Crippen LogP contribution in [-0.4, -0.2) is 0 Å². The van der Waals surface area contributed by atoms with Gasteiger partial charge in [-0.05, 0) is 88.3 Å². The van der Waals surface area contributed by atoms with Gasteiger partial charge in [0.2, 0.25) is 0 Å². The van der Waals surface area contributed by atoms with Crippen LogP contribution in [0.3, 0.4) is 0 Å². The molecule has 0 saturated heterocycles. The lowest BCUT2D eigenvalue weighted by Crippen LogP contribution is -2.06. The molecule has 1 aromatic carbocycles. The second-order valence-corrected chi connectivity index (χ2v) is 5.99. The minimum absolute atomic E-state index is 0.153. The van der Waals surface area contributed by atoms with Crippen LogP contribution in [-0.2, 0) is 0 Å². The predicted molar refractivity (Wildman–Crippen MR) is 82.3 cm³/mol. The van der Waals surface area contributed by atoms with Crippen LogP contribution in [0.15, 0.2) is 39.4 Å². The summed E-state index contributed by atoms with van der Waals surface area (Å²) in [4.78, 5) is 0. The highest BCUT2D eigenvalue weighted by atomic mass is 127. The molecule has 0 bridgehead atoms. The molecule has 17 heavy (non-hydrogen) atoms. The molecule has 2 rings (SSSR count). The van der Waals surface area contributed by atoms with Crippen molar-refractivity contribution in [3.05, 3.63) is 49.9 Å². The molecular weight excluding hydrogens is 393 g/mol. The van der Waals surface area contributed by atoms with E-state index in [9.17, 15) is 0 Å². The molecule has 0 fully saturated rings. The summed E-state index contributed by atoms with van der Waals surface area (Å²) in [6.45, 7) is 4.19. The Labute approximate surface area is 123 Å². The first-order valence-corrected chi connectivity index (χ1v) is 7.21. The summed E-state index contributed by atoms with van der Waals surface area (Å²) in [6, 6.07) is 10.4. The van der Waals surface area contributed by atoms with Gasteiger partial charge in [-0.15, -0.1) is 0 Å². The molecule has 1 N–H and O–H groups in total. The first kappa shape index (κ1) is 13.0. The molecule has 1 unspecified atom stereocenters. The van der Waals surface area contributed by atoms with Crippen molar-refractivity contribution >= 4 is 44.2 Å². The SMILES string of the molecule is Cc1cc(I)ccc1NC(C)c1ccc(Br)o1. The Morgan fingerprint density at radius 2 is 2.06 bits per heavy atom. The molecule has 1 atom stereocenters. The van der Waals surface area contributed by atoms with Crippen LogP contribution >= 0.6 is 38.5 Å². The number of anilines is 1. The molecule has 4 heteroatoms. The number of benzene rings is 1. The molecule has 1 heterocycles. The maximum atomic E-state index is 5.53. The lowest BCUT2D eigenvalue weighted by atomic mass is 10.1. The van der Waals surface area contributed by atoms with E-state index in [2.05, 4.69) is 75.9 Å². The van der Waals surface area contributed by atoms with E-state index in [1.807, 2.05) is 12.1 Å². The van der Waals surface area contributed by atoms with Gasteiger partial charge in [0.1, 0.15) is 5.76 Å². The zero-order chi connectivity index (χ0) is 12.4. The Morgan fingerprint density at radius 1 is 1.29 bits per heavy atom. The smallest absolute Gasteiger partial charge is 0.169 e. The van der Waals surface area contributed by atoms with Crippen molar-refractivity contribution in [3.8, 4) is 0 Å². The summed E-state index contributed by atoms with van der Waals surface area (Å²) in [6.07, 6.45) is 0. The van der Waals surface area contributed by atoms with Crippen molar-refractivity contribution in [2.45, 2.75) is 19.9 Å². The fourth-order valence-electron chi connectivity index (χ4n) is 1.65. The molecule has 1 aromatic heterocycles. The number of hydrogen-bond acceptors (Lipinski definition) is 2. The molecule has 0 spiro atoms. The van der Waals surface area contributed by atoms with Crippen LogP contribution in [0.1, 0.15) is 24.3 Å². The fraction of sp³-hybridized carbons (Fsp3) is 0.231. The Bertz CT molecular complexity index is 524. The lowest BCUT2D eigenvalue weighted by molar-refractivity contribution is 0.471. The van der Waals surface area contributed by atoms with Crippen LogP contribution in [0.5, 0.6) is 0 Å². The fourth-order valence-corrected chi connectivity index (χ4v) is 2.62. The third-order valence-corrected chi connectivity index (χ3v) is 3.68. The zero-order valence-corrected chi connectivity index (χ0v) is 13.4. The predicted octanol–water partition coefficient (Wildman–Crippen LogP) is 5.13. The maximum Gasteiger partial charge on any atom is 0.169 e. The molecule has 2 aromatic rings. The highest BCUT2D eigenvalue weighted by Crippen LogP contribution is 2.26. The Morgan fingerprint density at radius 3 is 2.65 bits per heavy atom. The molecule has 90 valence electrons. The minimum atomic E-state index is 0.153. The molecule has 2 nitrogen and oxygen atoms in total. The van der Waals surface area contributed by atoms with Crippen LogP contribution in [0.2, 0.25) is 0 Å². The number of nitrogens with one attached hydrogen (secondary N) is 1. The number of furan rings is 1. The summed E-state index contributed by atoms with van der Waals surface area (Å²) in [5, 5.41) is 3.45. The van der Waals surface area contributed by atoms with E-state index < -0.39 is 0 Å². The lowest BCUT2D eigenvalue weighted by Gasteiger charge is -2.15.